The van der Waals surface area contributed by atoms with Crippen molar-refractivity contribution in [3.05, 3.63) is 24.5 Å². The number of nitrogens with one attached hydrogen (secondary N) is 1. The Labute approximate surface area is 177 Å². The lowest BCUT2D eigenvalue weighted by Crippen LogP contribution is -2.35. The third kappa shape index (κ3) is 5.84. The van der Waals surface area contributed by atoms with Crippen LogP contribution in [0.4, 0.5) is 0 Å². The second-order valence-corrected chi connectivity index (χ2v) is 8.58. The monoisotopic (exact) mass is 412 g/mol. The molecule has 8 heteroatoms. The first kappa shape index (κ1) is 20.9. The van der Waals surface area contributed by atoms with E-state index >= 15 is 0 Å². The minimum absolute atomic E-state index is 0.134. The predicted molar refractivity (Wildman–Crippen MR) is 113 cm³/mol. The number of hydrogen-bond acceptors (Lipinski definition) is 7. The Hall–Kier alpha value is -2.35. The van der Waals surface area contributed by atoms with Crippen LogP contribution >= 0.6 is 0 Å². The van der Waals surface area contributed by atoms with E-state index < -0.39 is 0 Å². The summed E-state index contributed by atoms with van der Waals surface area (Å²) in [5, 5.41) is 7.16. The summed E-state index contributed by atoms with van der Waals surface area (Å²) in [5.74, 6) is 2.15. The van der Waals surface area contributed by atoms with Gasteiger partial charge in [0.15, 0.2) is 0 Å². The van der Waals surface area contributed by atoms with Crippen molar-refractivity contribution in [2.24, 2.45) is 5.92 Å². The molecule has 8 nitrogen and oxygen atoms in total. The molecule has 3 heterocycles. The van der Waals surface area contributed by atoms with Crippen LogP contribution in [0.3, 0.4) is 0 Å². The molecule has 1 atom stereocenters. The van der Waals surface area contributed by atoms with Crippen molar-refractivity contribution in [1.29, 1.82) is 0 Å². The zero-order valence-electron chi connectivity index (χ0n) is 17.6. The van der Waals surface area contributed by atoms with Crippen LogP contribution in [0.25, 0.3) is 11.5 Å². The molecule has 4 rings (SSSR count). The molecule has 2 aliphatic rings. The fourth-order valence-corrected chi connectivity index (χ4v) is 4.64. The van der Waals surface area contributed by atoms with Gasteiger partial charge < -0.3 is 14.7 Å². The predicted octanol–water partition coefficient (Wildman–Crippen LogP) is 3.18. The van der Waals surface area contributed by atoms with Crippen molar-refractivity contribution in [3.63, 3.8) is 0 Å². The quantitative estimate of drug-likeness (QED) is 0.824. The molecule has 2 aromatic heterocycles. The molecule has 1 N–H and O–H groups in total. The van der Waals surface area contributed by atoms with Gasteiger partial charge in [-0.1, -0.05) is 24.4 Å². The maximum atomic E-state index is 12.3. The van der Waals surface area contributed by atoms with Crippen LogP contribution in [0.1, 0.15) is 69.6 Å². The minimum Gasteiger partial charge on any atom is -0.356 e. The molecule has 0 radical (unpaired) electrons. The average molecular weight is 413 g/mol. The second-order valence-electron chi connectivity index (χ2n) is 8.58. The van der Waals surface area contributed by atoms with Gasteiger partial charge in [-0.05, 0) is 44.6 Å². The van der Waals surface area contributed by atoms with Crippen molar-refractivity contribution in [3.8, 4) is 11.5 Å². The van der Waals surface area contributed by atoms with Crippen molar-refractivity contribution in [2.45, 2.75) is 63.7 Å². The topological polar surface area (TPSA) is 97.0 Å². The van der Waals surface area contributed by atoms with Crippen LogP contribution in [0.2, 0.25) is 0 Å². The highest BCUT2D eigenvalue weighted by Gasteiger charge is 2.23. The van der Waals surface area contributed by atoms with Crippen molar-refractivity contribution in [2.75, 3.05) is 26.2 Å². The molecule has 1 aliphatic carbocycles. The summed E-state index contributed by atoms with van der Waals surface area (Å²) >= 11 is 0. The number of nitrogens with zero attached hydrogens (tertiary/aromatic N) is 5. The summed E-state index contributed by atoms with van der Waals surface area (Å²) < 4.78 is 5.58. The molecule has 2 aromatic rings. The highest BCUT2D eigenvalue weighted by atomic mass is 16.5. The van der Waals surface area contributed by atoms with E-state index in [2.05, 4.69) is 30.3 Å². The third-order valence-corrected chi connectivity index (χ3v) is 6.32. The van der Waals surface area contributed by atoms with Gasteiger partial charge in [-0.3, -0.25) is 9.78 Å². The van der Waals surface area contributed by atoms with Gasteiger partial charge in [0.1, 0.15) is 5.69 Å². The first-order valence-corrected chi connectivity index (χ1v) is 11.4. The molecule has 1 saturated carbocycles. The Kier molecular flexibility index (Phi) is 7.39. The van der Waals surface area contributed by atoms with E-state index in [9.17, 15) is 4.79 Å². The summed E-state index contributed by atoms with van der Waals surface area (Å²) in [5.41, 5.74) is 0.608. The highest BCUT2D eigenvalue weighted by molar-refractivity contribution is 5.76. The Morgan fingerprint density at radius 2 is 1.97 bits per heavy atom. The Balaban J connectivity index is 1.40. The van der Waals surface area contributed by atoms with Gasteiger partial charge in [-0.25, -0.2) is 4.98 Å². The normalized spacial score (nSPS) is 22.9. The number of hydrogen-bond donors (Lipinski definition) is 1. The van der Waals surface area contributed by atoms with Crippen molar-refractivity contribution >= 4 is 5.91 Å². The van der Waals surface area contributed by atoms with Crippen LogP contribution in [0.5, 0.6) is 0 Å². The molecule has 1 aliphatic heterocycles. The van der Waals surface area contributed by atoms with Gasteiger partial charge >= 0.3 is 0 Å². The summed E-state index contributed by atoms with van der Waals surface area (Å²) in [6.45, 7) is 3.63. The highest BCUT2D eigenvalue weighted by Crippen LogP contribution is 2.27. The SMILES string of the molecule is O=C1CCN(CC2CCCCC2)CCCC(c2nc(-c3cnccn3)no2)CCN1. The van der Waals surface area contributed by atoms with Crippen LogP contribution < -0.4 is 5.32 Å². The average Bonchev–Trinajstić information content (AvgIpc) is 3.26. The fourth-order valence-electron chi connectivity index (χ4n) is 4.64. The van der Waals surface area contributed by atoms with E-state index in [0.29, 0.717) is 30.4 Å². The lowest BCUT2D eigenvalue weighted by molar-refractivity contribution is -0.121. The molecule has 1 amide bonds. The number of carbonyl (C=O) groups excluding carboxylic acids is 1. The minimum atomic E-state index is 0.134. The summed E-state index contributed by atoms with van der Waals surface area (Å²) in [7, 11) is 0. The zero-order chi connectivity index (χ0) is 20.6. The Morgan fingerprint density at radius 3 is 2.80 bits per heavy atom. The van der Waals surface area contributed by atoms with E-state index in [1.807, 2.05) is 0 Å². The molecule has 162 valence electrons. The molecule has 0 spiro atoms. The first-order valence-electron chi connectivity index (χ1n) is 11.4. The summed E-state index contributed by atoms with van der Waals surface area (Å²) in [4.78, 5) is 27.7. The summed E-state index contributed by atoms with van der Waals surface area (Å²) in [6.07, 6.45) is 15.0. The van der Waals surface area contributed by atoms with E-state index in [1.165, 1.54) is 32.1 Å². The third-order valence-electron chi connectivity index (χ3n) is 6.32. The van der Waals surface area contributed by atoms with E-state index in [1.54, 1.807) is 18.6 Å². The molecule has 2 fully saturated rings. The van der Waals surface area contributed by atoms with Crippen LogP contribution in [0, 0.1) is 5.92 Å². The maximum Gasteiger partial charge on any atom is 0.230 e. The van der Waals surface area contributed by atoms with Crippen LogP contribution in [0.15, 0.2) is 23.1 Å². The molecular weight excluding hydrogens is 380 g/mol. The van der Waals surface area contributed by atoms with E-state index in [4.69, 9.17) is 4.52 Å². The Morgan fingerprint density at radius 1 is 1.07 bits per heavy atom. The lowest BCUT2D eigenvalue weighted by Gasteiger charge is -2.29. The largest absolute Gasteiger partial charge is 0.356 e. The number of carbonyl (C=O) groups is 1. The molecule has 1 unspecified atom stereocenters. The Bertz CT molecular complexity index is 790. The van der Waals surface area contributed by atoms with Gasteiger partial charge in [0.2, 0.25) is 17.6 Å². The molecule has 0 bridgehead atoms. The molecular formula is C22H32N6O2. The summed E-state index contributed by atoms with van der Waals surface area (Å²) in [6, 6.07) is 0. The fraction of sp³-hybridized carbons (Fsp3) is 0.682. The van der Waals surface area contributed by atoms with Crippen molar-refractivity contribution in [1.82, 2.24) is 30.3 Å². The zero-order valence-corrected chi connectivity index (χ0v) is 17.6. The van der Waals surface area contributed by atoms with Gasteiger partial charge in [0, 0.05) is 44.4 Å². The van der Waals surface area contributed by atoms with E-state index in [0.717, 1.165) is 44.8 Å². The molecule has 1 saturated heterocycles. The van der Waals surface area contributed by atoms with E-state index in [-0.39, 0.29) is 11.8 Å². The van der Waals surface area contributed by atoms with Gasteiger partial charge in [-0.2, -0.15) is 4.98 Å². The number of rotatable bonds is 4. The van der Waals surface area contributed by atoms with Crippen molar-refractivity contribution < 1.29 is 9.32 Å². The molecule has 0 aromatic carbocycles. The standard InChI is InChI=1S/C22H32N6O2/c29-20-9-14-28(16-17-5-2-1-3-6-17)13-4-7-18(8-10-25-20)22-26-21(27-30-22)19-15-23-11-12-24-19/h11-12,15,17-18H,1-10,13-14,16H2,(H,25,29). The smallest absolute Gasteiger partial charge is 0.230 e. The lowest BCUT2D eigenvalue weighted by atomic mass is 9.89. The number of amides is 1. The van der Waals surface area contributed by atoms with Gasteiger partial charge in [-0.15, -0.1) is 0 Å². The van der Waals surface area contributed by atoms with Gasteiger partial charge in [0.05, 0.1) is 6.20 Å². The number of aromatic nitrogens is 4. The second kappa shape index (κ2) is 10.6. The maximum absolute atomic E-state index is 12.3. The molecule has 30 heavy (non-hydrogen) atoms. The van der Waals surface area contributed by atoms with Crippen LogP contribution in [-0.2, 0) is 4.79 Å². The van der Waals surface area contributed by atoms with Gasteiger partial charge in [0.25, 0.3) is 0 Å². The van der Waals surface area contributed by atoms with Crippen LogP contribution in [-0.4, -0.2) is 57.1 Å². The first-order chi connectivity index (χ1) is 14.8.